The summed E-state index contributed by atoms with van der Waals surface area (Å²) < 4.78 is 40.9. The standard InChI is InChI=1S/C14H18F3N5O/c1-5-21-9(3)11(7-18-21)19-13(23)10(4)22-8(2)6-12(20-22)14(15,16)17/h6-7,10H,5H2,1-4H3,(H,19,23). The SMILES string of the molecule is CCn1ncc(NC(=O)C(C)n2nc(C(F)(F)F)cc2C)c1C. The Bertz CT molecular complexity index is 717. The van der Waals surface area contributed by atoms with E-state index in [2.05, 4.69) is 15.5 Å². The summed E-state index contributed by atoms with van der Waals surface area (Å²) in [6.45, 7) is 7.35. The quantitative estimate of drug-likeness (QED) is 0.938. The first-order valence-corrected chi connectivity index (χ1v) is 7.11. The number of anilines is 1. The molecule has 0 spiro atoms. The largest absolute Gasteiger partial charge is 0.435 e. The number of hydrogen-bond donors (Lipinski definition) is 1. The molecule has 1 amide bonds. The highest BCUT2D eigenvalue weighted by molar-refractivity contribution is 5.93. The van der Waals surface area contributed by atoms with Crippen LogP contribution in [0.4, 0.5) is 18.9 Å². The van der Waals surface area contributed by atoms with Crippen molar-refractivity contribution in [2.24, 2.45) is 0 Å². The number of aromatic nitrogens is 4. The molecule has 0 aliphatic rings. The Morgan fingerprint density at radius 2 is 2.04 bits per heavy atom. The van der Waals surface area contributed by atoms with E-state index in [0.29, 0.717) is 12.2 Å². The molecule has 0 fully saturated rings. The zero-order valence-corrected chi connectivity index (χ0v) is 13.3. The lowest BCUT2D eigenvalue weighted by molar-refractivity contribution is -0.141. The monoisotopic (exact) mass is 329 g/mol. The van der Waals surface area contributed by atoms with E-state index >= 15 is 0 Å². The highest BCUT2D eigenvalue weighted by Crippen LogP contribution is 2.29. The van der Waals surface area contributed by atoms with Crippen molar-refractivity contribution < 1.29 is 18.0 Å². The molecule has 0 aromatic carbocycles. The number of nitrogens with one attached hydrogen (secondary N) is 1. The average Bonchev–Trinajstić information content (AvgIpc) is 3.02. The predicted molar refractivity (Wildman–Crippen MR) is 77.9 cm³/mol. The van der Waals surface area contributed by atoms with Gasteiger partial charge in [0.05, 0.1) is 17.6 Å². The molecule has 1 N–H and O–H groups in total. The molecule has 2 rings (SSSR count). The first-order valence-electron chi connectivity index (χ1n) is 7.11. The summed E-state index contributed by atoms with van der Waals surface area (Å²) in [5, 5.41) is 10.3. The lowest BCUT2D eigenvalue weighted by Crippen LogP contribution is -2.25. The van der Waals surface area contributed by atoms with E-state index in [4.69, 9.17) is 0 Å². The molecule has 0 radical (unpaired) electrons. The van der Waals surface area contributed by atoms with E-state index in [1.807, 2.05) is 6.92 Å². The van der Waals surface area contributed by atoms with Crippen molar-refractivity contribution in [2.45, 2.75) is 46.5 Å². The topological polar surface area (TPSA) is 64.7 Å². The lowest BCUT2D eigenvalue weighted by atomic mass is 10.3. The Morgan fingerprint density at radius 3 is 2.52 bits per heavy atom. The Morgan fingerprint density at radius 1 is 1.39 bits per heavy atom. The Hall–Kier alpha value is -2.32. The Labute approximate surface area is 131 Å². The van der Waals surface area contributed by atoms with Gasteiger partial charge >= 0.3 is 6.18 Å². The molecular formula is C14H18F3N5O. The summed E-state index contributed by atoms with van der Waals surface area (Å²) in [4.78, 5) is 12.3. The number of halogens is 3. The molecule has 1 atom stereocenters. The number of aryl methyl sites for hydroxylation is 2. The van der Waals surface area contributed by atoms with Crippen LogP contribution >= 0.6 is 0 Å². The van der Waals surface area contributed by atoms with Crippen molar-refractivity contribution >= 4 is 11.6 Å². The van der Waals surface area contributed by atoms with Crippen molar-refractivity contribution in [3.8, 4) is 0 Å². The van der Waals surface area contributed by atoms with Gasteiger partial charge < -0.3 is 5.32 Å². The van der Waals surface area contributed by atoms with Crippen LogP contribution in [0.1, 0.15) is 37.0 Å². The van der Waals surface area contributed by atoms with Gasteiger partial charge in [-0.15, -0.1) is 0 Å². The second-order valence-corrected chi connectivity index (χ2v) is 5.24. The van der Waals surface area contributed by atoms with E-state index < -0.39 is 23.8 Å². The molecule has 9 heteroatoms. The molecule has 2 heterocycles. The van der Waals surface area contributed by atoms with Crippen LogP contribution in [-0.2, 0) is 17.5 Å². The third-order valence-electron chi connectivity index (χ3n) is 3.62. The first kappa shape index (κ1) is 17.0. The molecule has 0 bridgehead atoms. The number of carbonyl (C=O) groups is 1. The van der Waals surface area contributed by atoms with Crippen LogP contribution in [0.15, 0.2) is 12.3 Å². The van der Waals surface area contributed by atoms with Crippen LogP contribution in [0.5, 0.6) is 0 Å². The Kier molecular flexibility index (Phi) is 4.49. The minimum Gasteiger partial charge on any atom is -0.321 e. The molecule has 0 saturated carbocycles. The van der Waals surface area contributed by atoms with Crippen molar-refractivity contribution in [2.75, 3.05) is 5.32 Å². The van der Waals surface area contributed by atoms with Crippen molar-refractivity contribution in [3.05, 3.63) is 29.3 Å². The van der Waals surface area contributed by atoms with Gasteiger partial charge in [0.1, 0.15) is 6.04 Å². The summed E-state index contributed by atoms with van der Waals surface area (Å²) in [7, 11) is 0. The molecule has 2 aromatic rings. The van der Waals surface area contributed by atoms with Crippen LogP contribution in [0.2, 0.25) is 0 Å². The van der Waals surface area contributed by atoms with Crippen LogP contribution < -0.4 is 5.32 Å². The number of nitrogens with zero attached hydrogens (tertiary/aromatic N) is 4. The van der Waals surface area contributed by atoms with E-state index in [1.54, 1.807) is 11.6 Å². The van der Waals surface area contributed by atoms with Gasteiger partial charge in [-0.05, 0) is 33.8 Å². The first-order chi connectivity index (χ1) is 10.6. The molecule has 23 heavy (non-hydrogen) atoms. The maximum atomic E-state index is 12.7. The van der Waals surface area contributed by atoms with E-state index in [1.165, 1.54) is 20.0 Å². The number of amides is 1. The van der Waals surface area contributed by atoms with Gasteiger partial charge in [-0.1, -0.05) is 0 Å². The van der Waals surface area contributed by atoms with Gasteiger partial charge in [-0.3, -0.25) is 14.2 Å². The number of carbonyl (C=O) groups excluding carboxylic acids is 1. The second-order valence-electron chi connectivity index (χ2n) is 5.24. The van der Waals surface area contributed by atoms with Gasteiger partial charge in [0.2, 0.25) is 5.91 Å². The van der Waals surface area contributed by atoms with Crippen molar-refractivity contribution in [1.29, 1.82) is 0 Å². The summed E-state index contributed by atoms with van der Waals surface area (Å²) in [6.07, 6.45) is -3.02. The van der Waals surface area contributed by atoms with Crippen LogP contribution in [0.25, 0.3) is 0 Å². The molecule has 126 valence electrons. The molecule has 0 aliphatic carbocycles. The smallest absolute Gasteiger partial charge is 0.321 e. The van der Waals surface area contributed by atoms with Gasteiger partial charge in [0.25, 0.3) is 0 Å². The van der Waals surface area contributed by atoms with Gasteiger partial charge in [0, 0.05) is 12.2 Å². The zero-order valence-electron chi connectivity index (χ0n) is 13.3. The average molecular weight is 329 g/mol. The van der Waals surface area contributed by atoms with E-state index in [9.17, 15) is 18.0 Å². The fourth-order valence-electron chi connectivity index (χ4n) is 2.25. The summed E-state index contributed by atoms with van der Waals surface area (Å²) >= 11 is 0. The number of alkyl halides is 3. The van der Waals surface area contributed by atoms with Gasteiger partial charge in [-0.25, -0.2) is 0 Å². The van der Waals surface area contributed by atoms with Crippen molar-refractivity contribution in [3.63, 3.8) is 0 Å². The fourth-order valence-corrected chi connectivity index (χ4v) is 2.25. The minimum atomic E-state index is -4.54. The second kappa shape index (κ2) is 6.05. The normalized spacial score (nSPS) is 13.2. The fraction of sp³-hybridized carbons (Fsp3) is 0.500. The molecule has 0 aliphatic heterocycles. The maximum absolute atomic E-state index is 12.7. The van der Waals surface area contributed by atoms with Crippen LogP contribution in [-0.4, -0.2) is 25.5 Å². The predicted octanol–water partition coefficient (Wildman–Crippen LogP) is 2.93. The van der Waals surface area contributed by atoms with Crippen LogP contribution in [0, 0.1) is 13.8 Å². The Balaban J connectivity index is 2.20. The van der Waals surface area contributed by atoms with E-state index in [-0.39, 0.29) is 5.69 Å². The summed E-state index contributed by atoms with van der Waals surface area (Å²) in [6, 6.07) is 0.0416. The van der Waals surface area contributed by atoms with Crippen LogP contribution in [0.3, 0.4) is 0 Å². The molecule has 2 aromatic heterocycles. The minimum absolute atomic E-state index is 0.265. The number of hydrogen-bond acceptors (Lipinski definition) is 3. The third-order valence-corrected chi connectivity index (χ3v) is 3.62. The van der Waals surface area contributed by atoms with Gasteiger partial charge in [0.15, 0.2) is 5.69 Å². The van der Waals surface area contributed by atoms with Gasteiger partial charge in [-0.2, -0.15) is 23.4 Å². The third kappa shape index (κ3) is 3.38. The molecular weight excluding hydrogens is 311 g/mol. The summed E-state index contributed by atoms with van der Waals surface area (Å²) in [5.74, 6) is -0.455. The molecule has 0 saturated heterocycles. The molecule has 6 nitrogen and oxygen atoms in total. The van der Waals surface area contributed by atoms with E-state index in [0.717, 1.165) is 16.4 Å². The maximum Gasteiger partial charge on any atom is 0.435 e. The molecule has 1 unspecified atom stereocenters. The summed E-state index contributed by atoms with van der Waals surface area (Å²) in [5.41, 5.74) is 0.566. The van der Waals surface area contributed by atoms with Crippen molar-refractivity contribution in [1.82, 2.24) is 19.6 Å². The highest BCUT2D eigenvalue weighted by atomic mass is 19.4. The lowest BCUT2D eigenvalue weighted by Gasteiger charge is -2.14. The highest BCUT2D eigenvalue weighted by Gasteiger charge is 2.35. The zero-order chi connectivity index (χ0) is 17.4. The number of rotatable bonds is 4.